The Labute approximate surface area is 187 Å². The van der Waals surface area contributed by atoms with Gasteiger partial charge in [0.05, 0.1) is 0 Å². The van der Waals surface area contributed by atoms with Gasteiger partial charge in [-0.15, -0.1) is 11.3 Å². The monoisotopic (exact) mass is 422 g/mol. The molecule has 0 radical (unpaired) electrons. The first-order valence-electron chi connectivity index (χ1n) is 9.96. The zero-order valence-corrected chi connectivity index (χ0v) is 18.2. The highest BCUT2D eigenvalue weighted by Gasteiger charge is 2.02. The van der Waals surface area contributed by atoms with E-state index in [9.17, 15) is 0 Å². The molecule has 0 unspecified atom stereocenters. The predicted molar refractivity (Wildman–Crippen MR) is 136 cm³/mol. The summed E-state index contributed by atoms with van der Waals surface area (Å²) in [6.07, 6.45) is 0.847. The summed E-state index contributed by atoms with van der Waals surface area (Å²) in [6, 6.07) is 41.8. The number of hydrogen-bond acceptors (Lipinski definition) is 2. The summed E-state index contributed by atoms with van der Waals surface area (Å²) in [5.74, 6) is 0. The van der Waals surface area contributed by atoms with Crippen LogP contribution in [-0.2, 0) is 6.42 Å². The van der Waals surface area contributed by atoms with Crippen molar-refractivity contribution in [1.29, 1.82) is 0 Å². The van der Waals surface area contributed by atoms with Crippen molar-refractivity contribution in [3.05, 3.63) is 132 Å². The molecule has 0 nitrogen and oxygen atoms in total. The van der Waals surface area contributed by atoms with Gasteiger partial charge in [0.2, 0.25) is 0 Å². The molecule has 0 N–H and O–H groups in total. The van der Waals surface area contributed by atoms with Gasteiger partial charge in [-0.1, -0.05) is 121 Å². The molecule has 1 heterocycles. The van der Waals surface area contributed by atoms with Crippen LogP contribution < -0.4 is 0 Å². The van der Waals surface area contributed by atoms with E-state index in [0.29, 0.717) is 0 Å². The minimum Gasteiger partial charge on any atom is -0.135 e. The number of thiophene rings is 1. The maximum Gasteiger partial charge on any atom is 0.0355 e. The van der Waals surface area contributed by atoms with Crippen molar-refractivity contribution < 1.29 is 0 Å². The molecule has 1 aromatic heterocycles. The van der Waals surface area contributed by atoms with Gasteiger partial charge in [0.25, 0.3) is 0 Å². The topological polar surface area (TPSA) is 0 Å². The lowest BCUT2D eigenvalue weighted by atomic mass is 10.0. The van der Waals surface area contributed by atoms with Crippen molar-refractivity contribution in [2.45, 2.75) is 6.42 Å². The van der Waals surface area contributed by atoms with Crippen LogP contribution in [0.5, 0.6) is 0 Å². The van der Waals surface area contributed by atoms with Gasteiger partial charge < -0.3 is 0 Å². The number of fused-ring (bicyclic) bond motifs is 1. The molecule has 0 saturated carbocycles. The van der Waals surface area contributed by atoms with Gasteiger partial charge in [-0.3, -0.25) is 0 Å². The SMILES string of the molecule is S=C(Cc1ccccc1)c1ccccc1.c1ccc(-c2cc3ccccc3s2)cc1. The Hall–Kier alpha value is -3.07. The molecule has 0 aliphatic heterocycles. The normalized spacial score (nSPS) is 10.3. The number of rotatable bonds is 4. The van der Waals surface area contributed by atoms with E-state index in [1.165, 1.54) is 26.1 Å². The first-order chi connectivity index (χ1) is 14.8. The second-order valence-corrected chi connectivity index (χ2v) is 8.54. The molecule has 30 heavy (non-hydrogen) atoms. The second kappa shape index (κ2) is 10.1. The number of thiocarbonyl (C=S) groups is 1. The average Bonchev–Trinajstić information content (AvgIpc) is 3.26. The Balaban J connectivity index is 0.000000145. The fraction of sp³-hybridized carbons (Fsp3) is 0.0357. The highest BCUT2D eigenvalue weighted by atomic mass is 32.1. The standard InChI is InChI=1S/C14H10S.C14H12S/c1-2-6-11(7-3-1)14-10-12-8-4-5-9-13(12)15-14;15-14(13-9-5-2-6-10-13)11-12-7-3-1-4-8-12/h1-10H;1-10H,11H2. The molecule has 0 aliphatic rings. The molecule has 146 valence electrons. The molecule has 4 aromatic carbocycles. The van der Waals surface area contributed by atoms with Crippen LogP contribution in [0.4, 0.5) is 0 Å². The van der Waals surface area contributed by atoms with Crippen LogP contribution >= 0.6 is 23.6 Å². The number of hydrogen-bond donors (Lipinski definition) is 0. The highest BCUT2D eigenvalue weighted by molar-refractivity contribution is 7.80. The van der Waals surface area contributed by atoms with Crippen LogP contribution in [0.3, 0.4) is 0 Å². The fourth-order valence-corrected chi connectivity index (χ4v) is 4.60. The quantitative estimate of drug-likeness (QED) is 0.208. The van der Waals surface area contributed by atoms with Gasteiger partial charge in [0, 0.05) is 20.9 Å². The molecular weight excluding hydrogens is 400 g/mol. The third kappa shape index (κ3) is 5.29. The Morgan fingerprint density at radius 1 is 0.633 bits per heavy atom. The summed E-state index contributed by atoms with van der Waals surface area (Å²) < 4.78 is 1.36. The van der Waals surface area contributed by atoms with Crippen LogP contribution in [-0.4, -0.2) is 4.86 Å². The lowest BCUT2D eigenvalue weighted by Crippen LogP contribution is -2.01. The molecule has 0 spiro atoms. The van der Waals surface area contributed by atoms with Crippen molar-refractivity contribution in [3.63, 3.8) is 0 Å². The Morgan fingerprint density at radius 2 is 1.20 bits per heavy atom. The molecular formula is C28H22S2. The van der Waals surface area contributed by atoms with E-state index in [4.69, 9.17) is 12.2 Å². The third-order valence-corrected chi connectivity index (χ3v) is 6.33. The Morgan fingerprint density at radius 3 is 1.87 bits per heavy atom. The molecule has 0 amide bonds. The van der Waals surface area contributed by atoms with Crippen LogP contribution in [0, 0.1) is 0 Å². The van der Waals surface area contributed by atoms with Gasteiger partial charge in [0.1, 0.15) is 0 Å². The third-order valence-electron chi connectivity index (χ3n) is 4.79. The van der Waals surface area contributed by atoms with Crippen molar-refractivity contribution in [1.82, 2.24) is 0 Å². The summed E-state index contributed by atoms with van der Waals surface area (Å²) in [7, 11) is 0. The molecule has 0 aliphatic carbocycles. The summed E-state index contributed by atoms with van der Waals surface area (Å²) >= 11 is 7.25. The Bertz CT molecular complexity index is 1170. The van der Waals surface area contributed by atoms with Gasteiger partial charge in [0.15, 0.2) is 0 Å². The summed E-state index contributed by atoms with van der Waals surface area (Å²) in [6.45, 7) is 0. The highest BCUT2D eigenvalue weighted by Crippen LogP contribution is 2.32. The van der Waals surface area contributed by atoms with E-state index in [1.807, 2.05) is 47.7 Å². The van der Waals surface area contributed by atoms with Crippen molar-refractivity contribution in [3.8, 4) is 10.4 Å². The van der Waals surface area contributed by atoms with Crippen LogP contribution in [0.2, 0.25) is 0 Å². The molecule has 2 heteroatoms. The minimum atomic E-state index is 0.847. The minimum absolute atomic E-state index is 0.847. The predicted octanol–water partition coefficient (Wildman–Crippen LogP) is 8.22. The van der Waals surface area contributed by atoms with Gasteiger partial charge >= 0.3 is 0 Å². The van der Waals surface area contributed by atoms with Crippen molar-refractivity contribution >= 4 is 38.5 Å². The molecule has 5 aromatic rings. The van der Waals surface area contributed by atoms with Crippen LogP contribution in [0.25, 0.3) is 20.5 Å². The summed E-state index contributed by atoms with van der Waals surface area (Å²) in [5, 5.41) is 1.33. The van der Waals surface area contributed by atoms with Gasteiger partial charge in [-0.25, -0.2) is 0 Å². The second-order valence-electron chi connectivity index (χ2n) is 6.97. The molecule has 0 fully saturated rings. The van der Waals surface area contributed by atoms with Crippen LogP contribution in [0.15, 0.2) is 121 Å². The Kier molecular flexibility index (Phi) is 6.81. The van der Waals surface area contributed by atoms with E-state index < -0.39 is 0 Å². The van der Waals surface area contributed by atoms with Gasteiger partial charge in [-0.2, -0.15) is 0 Å². The average molecular weight is 423 g/mol. The molecule has 0 bridgehead atoms. The lowest BCUT2D eigenvalue weighted by Gasteiger charge is -2.03. The maximum absolute atomic E-state index is 5.40. The zero-order chi connectivity index (χ0) is 20.6. The van der Waals surface area contributed by atoms with E-state index in [-0.39, 0.29) is 0 Å². The zero-order valence-electron chi connectivity index (χ0n) is 16.6. The molecule has 0 saturated heterocycles. The summed E-state index contributed by atoms with van der Waals surface area (Å²) in [5.41, 5.74) is 3.72. The first kappa shape index (κ1) is 20.2. The first-order valence-corrected chi connectivity index (χ1v) is 11.2. The van der Waals surface area contributed by atoms with Crippen molar-refractivity contribution in [2.24, 2.45) is 0 Å². The largest absolute Gasteiger partial charge is 0.135 e. The molecule has 0 atom stereocenters. The van der Waals surface area contributed by atoms with E-state index >= 15 is 0 Å². The van der Waals surface area contributed by atoms with Gasteiger partial charge in [-0.05, 0) is 34.2 Å². The maximum atomic E-state index is 5.40. The van der Waals surface area contributed by atoms with E-state index in [1.54, 1.807) is 0 Å². The fourth-order valence-electron chi connectivity index (χ4n) is 3.23. The van der Waals surface area contributed by atoms with E-state index in [2.05, 4.69) is 84.9 Å². The van der Waals surface area contributed by atoms with E-state index in [0.717, 1.165) is 16.8 Å². The smallest absolute Gasteiger partial charge is 0.0355 e. The summed E-state index contributed by atoms with van der Waals surface area (Å²) in [4.78, 5) is 2.35. The van der Waals surface area contributed by atoms with Crippen molar-refractivity contribution in [2.75, 3.05) is 0 Å². The lowest BCUT2D eigenvalue weighted by molar-refractivity contribution is 1.35. The number of benzene rings is 4. The van der Waals surface area contributed by atoms with Crippen LogP contribution in [0.1, 0.15) is 11.1 Å². The molecule has 5 rings (SSSR count).